The Labute approximate surface area is 219 Å². The Morgan fingerprint density at radius 1 is 0.865 bits per heavy atom. The molecule has 0 atom stereocenters. The van der Waals surface area contributed by atoms with Crippen LogP contribution in [0.25, 0.3) is 0 Å². The monoisotopic (exact) mass is 541 g/mol. The minimum atomic E-state index is -4.23. The summed E-state index contributed by atoms with van der Waals surface area (Å²) in [6, 6.07) is 24.3. The minimum Gasteiger partial charge on any atom is -0.467 e. The lowest BCUT2D eigenvalue weighted by atomic mass is 10.1. The Morgan fingerprint density at radius 2 is 1.51 bits per heavy atom. The van der Waals surface area contributed by atoms with Gasteiger partial charge in [0, 0.05) is 5.69 Å². The van der Waals surface area contributed by atoms with Gasteiger partial charge in [0.05, 0.1) is 36.6 Å². The largest absolute Gasteiger partial charge is 0.467 e. The molecule has 0 saturated carbocycles. The van der Waals surface area contributed by atoms with Crippen molar-refractivity contribution in [1.29, 1.82) is 0 Å². The third-order valence-corrected chi connectivity index (χ3v) is 6.82. The molecule has 0 aliphatic carbocycles. The molecular formula is C26H24ClN3O6S. The Hall–Kier alpha value is -3.67. The number of carbonyl (C=O) groups is 1. The Balaban J connectivity index is 1.52. The lowest BCUT2D eigenvalue weighted by molar-refractivity contribution is 0.0234. The van der Waals surface area contributed by atoms with E-state index in [0.717, 1.165) is 17.2 Å². The van der Waals surface area contributed by atoms with E-state index in [2.05, 4.69) is 15.7 Å². The summed E-state index contributed by atoms with van der Waals surface area (Å²) in [5, 5.41) is 2.94. The highest BCUT2D eigenvalue weighted by atomic mass is 35.5. The van der Waals surface area contributed by atoms with Gasteiger partial charge in [-0.2, -0.15) is 0 Å². The molecule has 0 saturated heterocycles. The highest BCUT2D eigenvalue weighted by molar-refractivity contribution is 7.89. The molecule has 3 N–H and O–H groups in total. The van der Waals surface area contributed by atoms with Crippen LogP contribution in [0, 0.1) is 0 Å². The standard InChI is InChI=1S/C26H24ClN3O6S/c27-23-15-24(28-16-21-12-7-13-34-21)22(26(31)29-35-17-19-8-3-1-4-9-19)14-25(23)37(32,33)30-36-18-20-10-5-2-6-11-20/h1-15,28,30H,16-18H2,(H,29,31). The van der Waals surface area contributed by atoms with E-state index in [0.29, 0.717) is 5.76 Å². The first-order valence-electron chi connectivity index (χ1n) is 11.2. The number of sulfonamides is 1. The summed E-state index contributed by atoms with van der Waals surface area (Å²) in [5.74, 6) is -0.0633. The van der Waals surface area contributed by atoms with Gasteiger partial charge in [-0.05, 0) is 35.4 Å². The van der Waals surface area contributed by atoms with Crippen molar-refractivity contribution in [2.75, 3.05) is 5.32 Å². The van der Waals surface area contributed by atoms with Crippen LogP contribution in [0.1, 0.15) is 27.2 Å². The number of amides is 1. The second kappa shape index (κ2) is 12.5. The predicted molar refractivity (Wildman–Crippen MR) is 138 cm³/mol. The van der Waals surface area contributed by atoms with Gasteiger partial charge in [0.25, 0.3) is 15.9 Å². The lowest BCUT2D eigenvalue weighted by Crippen LogP contribution is -2.27. The first kappa shape index (κ1) is 26.4. The average Bonchev–Trinajstić information content (AvgIpc) is 3.42. The van der Waals surface area contributed by atoms with E-state index in [1.165, 1.54) is 12.3 Å². The SMILES string of the molecule is O=C(NOCc1ccccc1)c1cc(S(=O)(=O)NOCc2ccccc2)c(Cl)cc1NCc1ccco1. The van der Waals surface area contributed by atoms with Gasteiger partial charge < -0.3 is 9.73 Å². The molecule has 0 radical (unpaired) electrons. The molecule has 1 amide bonds. The van der Waals surface area contributed by atoms with Crippen LogP contribution >= 0.6 is 11.6 Å². The zero-order valence-electron chi connectivity index (χ0n) is 19.5. The number of anilines is 1. The topological polar surface area (TPSA) is 119 Å². The van der Waals surface area contributed by atoms with Gasteiger partial charge in [-0.25, -0.2) is 13.9 Å². The first-order chi connectivity index (χ1) is 17.9. The summed E-state index contributed by atoms with van der Waals surface area (Å²) in [7, 11) is -4.23. The number of hydrogen-bond acceptors (Lipinski definition) is 7. The molecule has 3 aromatic carbocycles. The van der Waals surface area contributed by atoms with Crippen LogP contribution in [0.2, 0.25) is 5.02 Å². The second-order valence-electron chi connectivity index (χ2n) is 7.83. The molecule has 0 spiro atoms. The zero-order chi connectivity index (χ0) is 26.1. The zero-order valence-corrected chi connectivity index (χ0v) is 21.1. The van der Waals surface area contributed by atoms with Gasteiger partial charge in [0.15, 0.2) is 0 Å². The van der Waals surface area contributed by atoms with Crippen LogP contribution in [0.3, 0.4) is 0 Å². The van der Waals surface area contributed by atoms with Crippen LogP contribution in [0.15, 0.2) is 101 Å². The smallest absolute Gasteiger partial charge is 0.276 e. The number of furan rings is 1. The molecule has 0 fully saturated rings. The molecular weight excluding hydrogens is 518 g/mol. The Morgan fingerprint density at radius 3 is 2.14 bits per heavy atom. The maximum Gasteiger partial charge on any atom is 0.276 e. The van der Waals surface area contributed by atoms with Crippen LogP contribution in [-0.2, 0) is 39.5 Å². The van der Waals surface area contributed by atoms with Gasteiger partial charge in [-0.1, -0.05) is 77.2 Å². The van der Waals surface area contributed by atoms with Crippen LogP contribution in [0.5, 0.6) is 0 Å². The van der Waals surface area contributed by atoms with Crippen molar-refractivity contribution in [3.05, 3.63) is 119 Å². The van der Waals surface area contributed by atoms with E-state index in [1.54, 1.807) is 24.3 Å². The van der Waals surface area contributed by atoms with E-state index >= 15 is 0 Å². The summed E-state index contributed by atoms with van der Waals surface area (Å²) >= 11 is 6.33. The fraction of sp³-hybridized carbons (Fsp3) is 0.115. The third-order valence-electron chi connectivity index (χ3n) is 5.14. The van der Waals surface area contributed by atoms with Crippen molar-refractivity contribution < 1.29 is 27.3 Å². The van der Waals surface area contributed by atoms with Crippen LogP contribution < -0.4 is 15.7 Å². The first-order valence-corrected chi connectivity index (χ1v) is 13.0. The predicted octanol–water partition coefficient (Wildman–Crippen LogP) is 4.82. The Bertz CT molecular complexity index is 1420. The van der Waals surface area contributed by atoms with E-state index in [9.17, 15) is 13.2 Å². The van der Waals surface area contributed by atoms with Crippen molar-refractivity contribution in [2.24, 2.45) is 0 Å². The van der Waals surface area contributed by atoms with Gasteiger partial charge in [0.2, 0.25) is 0 Å². The molecule has 4 aromatic rings. The quantitative estimate of drug-likeness (QED) is 0.220. The minimum absolute atomic E-state index is 0.00114. The van der Waals surface area contributed by atoms with Crippen molar-refractivity contribution >= 4 is 33.2 Å². The lowest BCUT2D eigenvalue weighted by Gasteiger charge is -2.15. The van der Waals surface area contributed by atoms with Gasteiger partial charge in [0.1, 0.15) is 10.7 Å². The van der Waals surface area contributed by atoms with Crippen molar-refractivity contribution in [1.82, 2.24) is 10.4 Å². The molecule has 37 heavy (non-hydrogen) atoms. The normalized spacial score (nSPS) is 11.3. The molecule has 11 heteroatoms. The molecule has 1 aromatic heterocycles. The maximum absolute atomic E-state index is 13.0. The van der Waals surface area contributed by atoms with Crippen molar-refractivity contribution in [3.63, 3.8) is 0 Å². The number of benzene rings is 3. The average molecular weight is 542 g/mol. The Kier molecular flexibility index (Phi) is 8.94. The highest BCUT2D eigenvalue weighted by Gasteiger charge is 2.24. The molecule has 0 bridgehead atoms. The number of nitrogens with one attached hydrogen (secondary N) is 3. The van der Waals surface area contributed by atoms with E-state index in [4.69, 9.17) is 25.7 Å². The summed E-state index contributed by atoms with van der Waals surface area (Å²) < 4.78 is 31.2. The number of halogens is 1. The number of rotatable bonds is 12. The van der Waals surface area contributed by atoms with Crippen LogP contribution in [0.4, 0.5) is 5.69 Å². The maximum atomic E-state index is 13.0. The van der Waals surface area contributed by atoms with Gasteiger partial charge in [-0.3, -0.25) is 14.5 Å². The van der Waals surface area contributed by atoms with Crippen molar-refractivity contribution in [2.45, 2.75) is 24.7 Å². The molecule has 0 aliphatic rings. The fourth-order valence-corrected chi connectivity index (χ4v) is 4.67. The number of carbonyl (C=O) groups excluding carboxylic acids is 1. The van der Waals surface area contributed by atoms with E-state index in [1.807, 2.05) is 48.5 Å². The van der Waals surface area contributed by atoms with Gasteiger partial charge >= 0.3 is 0 Å². The molecule has 0 aliphatic heterocycles. The fourth-order valence-electron chi connectivity index (χ4n) is 3.31. The molecule has 9 nitrogen and oxygen atoms in total. The van der Waals surface area contributed by atoms with E-state index in [-0.39, 0.29) is 40.9 Å². The van der Waals surface area contributed by atoms with Crippen LogP contribution in [-0.4, -0.2) is 14.3 Å². The third kappa shape index (κ3) is 7.42. The summed E-state index contributed by atoms with van der Waals surface area (Å²) in [4.78, 5) is 25.3. The summed E-state index contributed by atoms with van der Waals surface area (Å²) in [6.07, 6.45) is 1.52. The summed E-state index contributed by atoms with van der Waals surface area (Å²) in [6.45, 7) is 0.357. The molecule has 1 heterocycles. The second-order valence-corrected chi connectivity index (χ2v) is 9.85. The van der Waals surface area contributed by atoms with Crippen molar-refractivity contribution in [3.8, 4) is 0 Å². The van der Waals surface area contributed by atoms with E-state index < -0.39 is 15.9 Å². The number of hydrogen-bond donors (Lipinski definition) is 3. The molecule has 0 unspecified atom stereocenters. The highest BCUT2D eigenvalue weighted by Crippen LogP contribution is 2.29. The molecule has 192 valence electrons. The van der Waals surface area contributed by atoms with Gasteiger partial charge in [-0.15, -0.1) is 0 Å². The number of hydroxylamine groups is 1. The summed E-state index contributed by atoms with van der Waals surface area (Å²) in [5.41, 5.74) is 4.24. The molecule has 4 rings (SSSR count).